The molecule has 2 heterocycles. The van der Waals surface area contributed by atoms with Gasteiger partial charge in [-0.05, 0) is 18.6 Å². The Bertz CT molecular complexity index is 326. The number of hydrogen-bond acceptors (Lipinski definition) is 3. The van der Waals surface area contributed by atoms with Crippen LogP contribution in [0.15, 0.2) is 18.2 Å². The molecular weight excluding hydrogens is 212 g/mol. The predicted molar refractivity (Wildman–Crippen MR) is 61.4 cm³/mol. The topological polar surface area (TPSA) is 25.4 Å². The highest BCUT2D eigenvalue weighted by molar-refractivity contribution is 6.16. The van der Waals surface area contributed by atoms with Crippen LogP contribution >= 0.6 is 11.6 Å². The van der Waals surface area contributed by atoms with Gasteiger partial charge in [0.1, 0.15) is 5.82 Å². The van der Waals surface area contributed by atoms with Crippen LogP contribution in [0.3, 0.4) is 0 Å². The second-order valence-electron chi connectivity index (χ2n) is 3.75. The first-order valence-corrected chi connectivity index (χ1v) is 5.67. The molecule has 1 aliphatic rings. The molecule has 1 unspecified atom stereocenters. The van der Waals surface area contributed by atoms with Gasteiger partial charge in [-0.2, -0.15) is 0 Å². The molecule has 0 saturated carbocycles. The van der Waals surface area contributed by atoms with Crippen LogP contribution in [0.5, 0.6) is 0 Å². The van der Waals surface area contributed by atoms with Crippen LogP contribution in [0.25, 0.3) is 0 Å². The summed E-state index contributed by atoms with van der Waals surface area (Å²) < 4.78 is 5.36. The van der Waals surface area contributed by atoms with Crippen molar-refractivity contribution in [3.05, 3.63) is 23.9 Å². The van der Waals surface area contributed by atoms with Crippen molar-refractivity contribution in [2.24, 2.45) is 0 Å². The first-order valence-electron chi connectivity index (χ1n) is 5.13. The van der Waals surface area contributed by atoms with E-state index in [0.717, 1.165) is 31.1 Å². The molecule has 15 heavy (non-hydrogen) atoms. The molecule has 2 rings (SSSR count). The Kier molecular flexibility index (Phi) is 3.44. The SMILES string of the molecule is CN(c1cccc(CCl)n1)C1CCOC1. The van der Waals surface area contributed by atoms with Gasteiger partial charge in [-0.3, -0.25) is 0 Å². The zero-order valence-corrected chi connectivity index (χ0v) is 9.57. The smallest absolute Gasteiger partial charge is 0.128 e. The third kappa shape index (κ3) is 2.41. The van der Waals surface area contributed by atoms with Gasteiger partial charge in [0.15, 0.2) is 0 Å². The number of nitrogens with zero attached hydrogens (tertiary/aromatic N) is 2. The maximum Gasteiger partial charge on any atom is 0.128 e. The van der Waals surface area contributed by atoms with Gasteiger partial charge in [-0.25, -0.2) is 4.98 Å². The zero-order valence-electron chi connectivity index (χ0n) is 8.82. The Morgan fingerprint density at radius 3 is 3.13 bits per heavy atom. The van der Waals surface area contributed by atoms with E-state index in [1.165, 1.54) is 0 Å². The van der Waals surface area contributed by atoms with Crippen LogP contribution in [0.4, 0.5) is 5.82 Å². The number of aromatic nitrogens is 1. The second-order valence-corrected chi connectivity index (χ2v) is 4.02. The third-order valence-electron chi connectivity index (χ3n) is 2.74. The molecule has 1 aliphatic heterocycles. The standard InChI is InChI=1S/C11H15ClN2O/c1-14(10-5-6-15-8-10)11-4-2-3-9(7-12)13-11/h2-4,10H,5-8H2,1H3. The minimum absolute atomic E-state index is 0.447. The summed E-state index contributed by atoms with van der Waals surface area (Å²) in [6.07, 6.45) is 1.07. The fraction of sp³-hybridized carbons (Fsp3) is 0.545. The lowest BCUT2D eigenvalue weighted by Gasteiger charge is -2.24. The molecule has 0 amide bonds. The lowest BCUT2D eigenvalue weighted by Crippen LogP contribution is -2.32. The summed E-state index contributed by atoms with van der Waals surface area (Å²) >= 11 is 5.76. The minimum atomic E-state index is 0.447. The Morgan fingerprint density at radius 2 is 2.47 bits per heavy atom. The number of likely N-dealkylation sites (N-methyl/N-ethyl adjacent to an activating group) is 1. The van der Waals surface area contributed by atoms with Gasteiger partial charge in [0, 0.05) is 13.7 Å². The fourth-order valence-corrected chi connectivity index (χ4v) is 1.90. The molecule has 1 fully saturated rings. The Hall–Kier alpha value is -0.800. The van der Waals surface area contributed by atoms with Gasteiger partial charge in [-0.1, -0.05) is 6.07 Å². The average molecular weight is 227 g/mol. The molecule has 3 nitrogen and oxygen atoms in total. The molecule has 0 aliphatic carbocycles. The van der Waals surface area contributed by atoms with Gasteiger partial charge in [0.2, 0.25) is 0 Å². The van der Waals surface area contributed by atoms with Crippen LogP contribution in [0, 0.1) is 0 Å². The molecule has 1 aromatic rings. The van der Waals surface area contributed by atoms with Gasteiger partial charge in [0.25, 0.3) is 0 Å². The van der Waals surface area contributed by atoms with Crippen molar-refractivity contribution in [3.8, 4) is 0 Å². The van der Waals surface area contributed by atoms with Crippen molar-refractivity contribution in [2.75, 3.05) is 25.2 Å². The normalized spacial score (nSPS) is 20.5. The Labute approximate surface area is 95.0 Å². The van der Waals surface area contributed by atoms with Crippen molar-refractivity contribution in [2.45, 2.75) is 18.3 Å². The summed E-state index contributed by atoms with van der Waals surface area (Å²) in [6, 6.07) is 6.39. The van der Waals surface area contributed by atoms with E-state index in [4.69, 9.17) is 16.3 Å². The molecule has 0 radical (unpaired) electrons. The molecule has 0 N–H and O–H groups in total. The van der Waals surface area contributed by atoms with E-state index in [1.807, 2.05) is 18.2 Å². The van der Waals surface area contributed by atoms with E-state index in [0.29, 0.717) is 11.9 Å². The average Bonchev–Trinajstić information content (AvgIpc) is 2.81. The van der Waals surface area contributed by atoms with Crippen LogP contribution in [0.1, 0.15) is 12.1 Å². The van der Waals surface area contributed by atoms with Gasteiger partial charge in [-0.15, -0.1) is 11.6 Å². The highest BCUT2D eigenvalue weighted by Crippen LogP contribution is 2.18. The van der Waals surface area contributed by atoms with Crippen molar-refractivity contribution in [3.63, 3.8) is 0 Å². The molecule has 1 saturated heterocycles. The van der Waals surface area contributed by atoms with Crippen molar-refractivity contribution < 1.29 is 4.74 Å². The zero-order chi connectivity index (χ0) is 10.7. The Morgan fingerprint density at radius 1 is 1.60 bits per heavy atom. The largest absolute Gasteiger partial charge is 0.379 e. The molecular formula is C11H15ClN2O. The minimum Gasteiger partial charge on any atom is -0.379 e. The maximum absolute atomic E-state index is 5.76. The van der Waals surface area contributed by atoms with E-state index >= 15 is 0 Å². The number of ether oxygens (including phenoxy) is 1. The van der Waals surface area contributed by atoms with Crippen LogP contribution in [-0.2, 0) is 10.6 Å². The number of pyridine rings is 1. The van der Waals surface area contributed by atoms with Crippen molar-refractivity contribution in [1.82, 2.24) is 4.98 Å². The summed E-state index contributed by atoms with van der Waals surface area (Å²) in [5.41, 5.74) is 0.917. The first kappa shape index (κ1) is 10.7. The highest BCUT2D eigenvalue weighted by Gasteiger charge is 2.21. The number of alkyl halides is 1. The second kappa shape index (κ2) is 4.81. The maximum atomic E-state index is 5.76. The first-order chi connectivity index (χ1) is 7.31. The molecule has 0 aromatic carbocycles. The number of rotatable bonds is 3. The van der Waals surface area contributed by atoms with E-state index in [1.54, 1.807) is 0 Å². The van der Waals surface area contributed by atoms with E-state index in [2.05, 4.69) is 16.9 Å². The third-order valence-corrected chi connectivity index (χ3v) is 3.02. The summed E-state index contributed by atoms with van der Waals surface area (Å²) in [7, 11) is 2.06. The predicted octanol–water partition coefficient (Wildman–Crippen LogP) is 2.05. The fourth-order valence-electron chi connectivity index (χ4n) is 1.75. The van der Waals surface area contributed by atoms with E-state index < -0.39 is 0 Å². The number of anilines is 1. The van der Waals surface area contributed by atoms with Crippen LogP contribution < -0.4 is 4.90 Å². The van der Waals surface area contributed by atoms with Crippen molar-refractivity contribution in [1.29, 1.82) is 0 Å². The number of halogens is 1. The summed E-state index contributed by atoms with van der Waals surface area (Å²) in [6.45, 7) is 1.65. The van der Waals surface area contributed by atoms with Crippen molar-refractivity contribution >= 4 is 17.4 Å². The lowest BCUT2D eigenvalue weighted by atomic mass is 10.2. The van der Waals surface area contributed by atoms with E-state index in [-0.39, 0.29) is 0 Å². The molecule has 0 bridgehead atoms. The summed E-state index contributed by atoms with van der Waals surface area (Å²) in [4.78, 5) is 6.64. The molecule has 4 heteroatoms. The monoisotopic (exact) mass is 226 g/mol. The Balaban J connectivity index is 2.13. The van der Waals surface area contributed by atoms with E-state index in [9.17, 15) is 0 Å². The quantitative estimate of drug-likeness (QED) is 0.738. The van der Waals surface area contributed by atoms with Gasteiger partial charge in [0.05, 0.1) is 24.2 Å². The molecule has 1 aromatic heterocycles. The molecule has 0 spiro atoms. The summed E-state index contributed by atoms with van der Waals surface area (Å²) in [5.74, 6) is 1.44. The molecule has 82 valence electrons. The van der Waals surface area contributed by atoms with Crippen LogP contribution in [0.2, 0.25) is 0 Å². The summed E-state index contributed by atoms with van der Waals surface area (Å²) in [5, 5.41) is 0. The lowest BCUT2D eigenvalue weighted by molar-refractivity contribution is 0.193. The highest BCUT2D eigenvalue weighted by atomic mass is 35.5. The molecule has 1 atom stereocenters. The number of hydrogen-bond donors (Lipinski definition) is 0. The van der Waals surface area contributed by atoms with Gasteiger partial charge >= 0.3 is 0 Å². The van der Waals surface area contributed by atoms with Gasteiger partial charge < -0.3 is 9.64 Å². The van der Waals surface area contributed by atoms with Crippen LogP contribution in [-0.4, -0.2) is 31.3 Å².